The Morgan fingerprint density at radius 3 is 2.42 bits per heavy atom. The van der Waals surface area contributed by atoms with Crippen LogP contribution in [0.2, 0.25) is 0 Å². The van der Waals surface area contributed by atoms with Crippen LogP contribution in [-0.4, -0.2) is 26.6 Å². The summed E-state index contributed by atoms with van der Waals surface area (Å²) in [6, 6.07) is 6.17. The number of anilines is 1. The highest BCUT2D eigenvalue weighted by atomic mass is 19.1. The first-order valence-electron chi connectivity index (χ1n) is 7.97. The summed E-state index contributed by atoms with van der Waals surface area (Å²) in [4.78, 5) is 12.4. The number of benzene rings is 1. The molecule has 1 aromatic carbocycles. The van der Waals surface area contributed by atoms with E-state index < -0.39 is 0 Å². The fourth-order valence-corrected chi connectivity index (χ4v) is 3.05. The summed E-state index contributed by atoms with van der Waals surface area (Å²) in [5.74, 6) is 0.189. The third-order valence-electron chi connectivity index (χ3n) is 5.20. The molecule has 1 aromatic heterocycles. The van der Waals surface area contributed by atoms with Gasteiger partial charge in [-0.05, 0) is 37.5 Å². The molecule has 0 unspecified atom stereocenters. The van der Waals surface area contributed by atoms with E-state index in [2.05, 4.69) is 34.8 Å². The van der Waals surface area contributed by atoms with Gasteiger partial charge in [-0.15, -0.1) is 5.10 Å². The van der Waals surface area contributed by atoms with Gasteiger partial charge in [0.2, 0.25) is 0 Å². The normalized spacial score (nSPS) is 15.9. The van der Waals surface area contributed by atoms with Crippen molar-refractivity contribution in [1.29, 1.82) is 0 Å². The van der Waals surface area contributed by atoms with Crippen molar-refractivity contribution in [3.05, 3.63) is 41.3 Å². The molecule has 0 radical (unpaired) electrons. The predicted octanol–water partition coefficient (Wildman–Crippen LogP) is 2.89. The second kappa shape index (κ2) is 5.58. The topological polar surface area (TPSA) is 71.8 Å². The smallest absolute Gasteiger partial charge is 0.320 e. The van der Waals surface area contributed by atoms with E-state index in [0.29, 0.717) is 5.82 Å². The van der Waals surface area contributed by atoms with Crippen molar-refractivity contribution >= 4 is 11.8 Å². The molecule has 0 atom stereocenters. The Bertz CT molecular complexity index is 762. The minimum absolute atomic E-state index is 0.261. The van der Waals surface area contributed by atoms with Crippen LogP contribution in [0.4, 0.5) is 15.0 Å². The van der Waals surface area contributed by atoms with Crippen LogP contribution in [0.25, 0.3) is 0 Å². The standard InChI is InChI=1S/C17H22FN5O/c1-11-14(21-22-23(11)4)19-15(24)20-17(9-10-17)16(2,3)12-5-7-13(18)8-6-12/h5-8H,9-10H2,1-4H3,(H2,19,20,24). The highest BCUT2D eigenvalue weighted by Crippen LogP contribution is 2.51. The van der Waals surface area contributed by atoms with Gasteiger partial charge in [-0.3, -0.25) is 10.00 Å². The molecule has 6 nitrogen and oxygen atoms in total. The summed E-state index contributed by atoms with van der Waals surface area (Å²) in [6.45, 7) is 5.98. The molecule has 1 saturated carbocycles. The number of aromatic nitrogens is 3. The summed E-state index contributed by atoms with van der Waals surface area (Å²) in [5.41, 5.74) is 1.13. The summed E-state index contributed by atoms with van der Waals surface area (Å²) < 4.78 is 14.8. The Kier molecular flexibility index (Phi) is 3.81. The molecule has 3 rings (SSSR count). The molecule has 1 aliphatic rings. The zero-order valence-corrected chi connectivity index (χ0v) is 14.4. The van der Waals surface area contributed by atoms with Gasteiger partial charge in [0.15, 0.2) is 5.82 Å². The van der Waals surface area contributed by atoms with E-state index in [4.69, 9.17) is 0 Å². The van der Waals surface area contributed by atoms with Crippen molar-refractivity contribution in [2.75, 3.05) is 5.32 Å². The predicted molar refractivity (Wildman–Crippen MR) is 89.3 cm³/mol. The molecule has 2 aromatic rings. The first kappa shape index (κ1) is 16.4. The number of carbonyl (C=O) groups is 1. The minimum Gasteiger partial charge on any atom is -0.332 e. The van der Waals surface area contributed by atoms with Crippen LogP contribution in [0, 0.1) is 12.7 Å². The fraction of sp³-hybridized carbons (Fsp3) is 0.471. The number of aryl methyl sites for hydroxylation is 1. The molecule has 0 saturated heterocycles. The van der Waals surface area contributed by atoms with Crippen LogP contribution < -0.4 is 10.6 Å². The lowest BCUT2D eigenvalue weighted by Crippen LogP contribution is -2.51. The van der Waals surface area contributed by atoms with Crippen molar-refractivity contribution in [2.24, 2.45) is 7.05 Å². The van der Waals surface area contributed by atoms with Gasteiger partial charge >= 0.3 is 6.03 Å². The van der Waals surface area contributed by atoms with E-state index >= 15 is 0 Å². The van der Waals surface area contributed by atoms with Crippen LogP contribution >= 0.6 is 0 Å². The molecule has 2 amide bonds. The van der Waals surface area contributed by atoms with Gasteiger partial charge in [-0.1, -0.05) is 31.2 Å². The summed E-state index contributed by atoms with van der Waals surface area (Å²) in [6.07, 6.45) is 1.76. The second-order valence-electron chi connectivity index (χ2n) is 6.94. The third-order valence-corrected chi connectivity index (χ3v) is 5.20. The molecule has 1 aliphatic carbocycles. The lowest BCUT2D eigenvalue weighted by Gasteiger charge is -2.36. The lowest BCUT2D eigenvalue weighted by molar-refractivity contribution is 0.236. The van der Waals surface area contributed by atoms with Crippen molar-refractivity contribution in [3.8, 4) is 0 Å². The van der Waals surface area contributed by atoms with Crippen LogP contribution in [0.1, 0.15) is 37.9 Å². The maximum Gasteiger partial charge on any atom is 0.320 e. The summed E-state index contributed by atoms with van der Waals surface area (Å²) in [7, 11) is 1.77. The van der Waals surface area contributed by atoms with Crippen LogP contribution in [0.3, 0.4) is 0 Å². The Hall–Kier alpha value is -2.44. The number of urea groups is 1. The Morgan fingerprint density at radius 2 is 1.92 bits per heavy atom. The number of amides is 2. The van der Waals surface area contributed by atoms with E-state index in [1.54, 1.807) is 23.9 Å². The van der Waals surface area contributed by atoms with Gasteiger partial charge in [-0.25, -0.2) is 9.18 Å². The van der Waals surface area contributed by atoms with Gasteiger partial charge in [0.05, 0.1) is 11.2 Å². The fourth-order valence-electron chi connectivity index (χ4n) is 3.05. The molecule has 24 heavy (non-hydrogen) atoms. The molecular formula is C17H22FN5O. The molecule has 2 N–H and O–H groups in total. The van der Waals surface area contributed by atoms with E-state index in [-0.39, 0.29) is 22.8 Å². The Labute approximate surface area is 140 Å². The average Bonchev–Trinajstić information content (AvgIpc) is 3.25. The number of hydrogen-bond acceptors (Lipinski definition) is 3. The maximum atomic E-state index is 13.2. The molecule has 1 fully saturated rings. The molecular weight excluding hydrogens is 309 g/mol. The van der Waals surface area contributed by atoms with Crippen molar-refractivity contribution in [2.45, 2.75) is 44.6 Å². The largest absolute Gasteiger partial charge is 0.332 e. The van der Waals surface area contributed by atoms with E-state index in [1.165, 1.54) is 12.1 Å². The first-order chi connectivity index (χ1) is 11.2. The second-order valence-corrected chi connectivity index (χ2v) is 6.94. The number of carbonyl (C=O) groups excluding carboxylic acids is 1. The highest BCUT2D eigenvalue weighted by molar-refractivity contribution is 5.89. The monoisotopic (exact) mass is 331 g/mol. The average molecular weight is 331 g/mol. The molecule has 0 spiro atoms. The zero-order valence-electron chi connectivity index (χ0n) is 14.4. The number of hydrogen-bond donors (Lipinski definition) is 2. The summed E-state index contributed by atoms with van der Waals surface area (Å²) >= 11 is 0. The van der Waals surface area contributed by atoms with E-state index in [9.17, 15) is 9.18 Å². The van der Waals surface area contributed by atoms with Gasteiger partial charge in [0, 0.05) is 12.5 Å². The number of nitrogens with one attached hydrogen (secondary N) is 2. The van der Waals surface area contributed by atoms with Gasteiger partial charge in [0.1, 0.15) is 5.82 Å². The quantitative estimate of drug-likeness (QED) is 0.905. The SMILES string of the molecule is Cc1c(NC(=O)NC2(C(C)(C)c3ccc(F)cc3)CC2)nnn1C. The maximum absolute atomic E-state index is 13.2. The first-order valence-corrected chi connectivity index (χ1v) is 7.97. The highest BCUT2D eigenvalue weighted by Gasteiger charge is 2.56. The van der Waals surface area contributed by atoms with E-state index in [0.717, 1.165) is 24.1 Å². The van der Waals surface area contributed by atoms with Gasteiger partial charge in [0.25, 0.3) is 0 Å². The lowest BCUT2D eigenvalue weighted by atomic mass is 9.75. The van der Waals surface area contributed by atoms with Crippen LogP contribution in [0.15, 0.2) is 24.3 Å². The third kappa shape index (κ3) is 2.74. The summed E-state index contributed by atoms with van der Waals surface area (Å²) in [5, 5.41) is 13.6. The van der Waals surface area contributed by atoms with Gasteiger partial charge < -0.3 is 5.32 Å². The van der Waals surface area contributed by atoms with Gasteiger partial charge in [-0.2, -0.15) is 0 Å². The molecule has 7 heteroatoms. The number of halogens is 1. The Morgan fingerprint density at radius 1 is 1.29 bits per heavy atom. The number of nitrogens with zero attached hydrogens (tertiary/aromatic N) is 3. The molecule has 0 bridgehead atoms. The number of rotatable bonds is 4. The van der Waals surface area contributed by atoms with Crippen molar-refractivity contribution in [1.82, 2.24) is 20.3 Å². The van der Waals surface area contributed by atoms with E-state index in [1.807, 2.05) is 6.92 Å². The van der Waals surface area contributed by atoms with Crippen LogP contribution in [0.5, 0.6) is 0 Å². The molecule has 128 valence electrons. The van der Waals surface area contributed by atoms with Crippen LogP contribution in [-0.2, 0) is 12.5 Å². The van der Waals surface area contributed by atoms with Crippen molar-refractivity contribution in [3.63, 3.8) is 0 Å². The Balaban J connectivity index is 1.75. The van der Waals surface area contributed by atoms with Crippen molar-refractivity contribution < 1.29 is 9.18 Å². The minimum atomic E-state index is -0.342. The molecule has 0 aliphatic heterocycles. The molecule has 1 heterocycles. The zero-order chi connectivity index (χ0) is 17.5.